The first-order chi connectivity index (χ1) is 15.2. The Labute approximate surface area is 195 Å². The van der Waals surface area contributed by atoms with E-state index in [0.717, 1.165) is 23.9 Å². The van der Waals surface area contributed by atoms with E-state index in [0.29, 0.717) is 11.3 Å². The van der Waals surface area contributed by atoms with Crippen molar-refractivity contribution in [3.05, 3.63) is 30.0 Å². The Hall–Kier alpha value is -2.87. The van der Waals surface area contributed by atoms with Gasteiger partial charge < -0.3 is 19.1 Å². The van der Waals surface area contributed by atoms with Crippen molar-refractivity contribution in [3.63, 3.8) is 0 Å². The Kier molecular flexibility index (Phi) is 8.30. The second-order valence-corrected chi connectivity index (χ2v) is 10.4. The van der Waals surface area contributed by atoms with E-state index in [4.69, 9.17) is 14.2 Å². The predicted molar refractivity (Wildman–Crippen MR) is 126 cm³/mol. The molecule has 0 atom stereocenters. The fourth-order valence-electron chi connectivity index (χ4n) is 3.20. The maximum Gasteiger partial charge on any atom is 0.426 e. The number of carbonyl (C=O) groups is 3. The van der Waals surface area contributed by atoms with Gasteiger partial charge in [-0.05, 0) is 65.0 Å². The van der Waals surface area contributed by atoms with Crippen molar-refractivity contribution in [1.29, 1.82) is 0 Å². The van der Waals surface area contributed by atoms with Crippen LogP contribution in [0, 0.1) is 10.8 Å². The maximum atomic E-state index is 12.9. The van der Waals surface area contributed by atoms with Crippen LogP contribution < -0.4 is 4.74 Å². The molecule has 0 spiro atoms. The second-order valence-electron chi connectivity index (χ2n) is 10.4. The molecule has 8 nitrogen and oxygen atoms in total. The number of benzene rings is 1. The highest BCUT2D eigenvalue weighted by Gasteiger charge is 2.30. The molecule has 8 heteroatoms. The first kappa shape index (κ1) is 26.4. The van der Waals surface area contributed by atoms with Gasteiger partial charge in [0.25, 0.3) is 0 Å². The molecule has 182 valence electrons. The average Bonchev–Trinajstić information content (AvgIpc) is 3.07. The van der Waals surface area contributed by atoms with Gasteiger partial charge in [0.15, 0.2) is 0 Å². The van der Waals surface area contributed by atoms with Crippen LogP contribution >= 0.6 is 0 Å². The summed E-state index contributed by atoms with van der Waals surface area (Å²) in [6, 6.07) is 5.41. The van der Waals surface area contributed by atoms with Gasteiger partial charge in [0.2, 0.25) is 0 Å². The molecule has 0 amide bonds. The number of ether oxygens (including phenoxy) is 3. The van der Waals surface area contributed by atoms with Gasteiger partial charge in [-0.1, -0.05) is 13.8 Å². The summed E-state index contributed by atoms with van der Waals surface area (Å²) in [5.74, 6) is -0.344. The lowest BCUT2D eigenvalue weighted by Gasteiger charge is -2.25. The van der Waals surface area contributed by atoms with Gasteiger partial charge >= 0.3 is 18.0 Å². The van der Waals surface area contributed by atoms with E-state index in [9.17, 15) is 14.4 Å². The number of hydrogen-bond donors (Lipinski definition) is 0. The smallest absolute Gasteiger partial charge is 0.426 e. The summed E-state index contributed by atoms with van der Waals surface area (Å²) in [6.07, 6.45) is 1.58. The van der Waals surface area contributed by atoms with Gasteiger partial charge in [-0.25, -0.2) is 4.79 Å². The number of fused-ring (bicyclic) bond motifs is 1. The Morgan fingerprint density at radius 2 is 1.73 bits per heavy atom. The summed E-state index contributed by atoms with van der Waals surface area (Å²) in [4.78, 5) is 39.4. The number of hydrogen-bond acceptors (Lipinski definition) is 7. The number of rotatable bonds is 8. The van der Waals surface area contributed by atoms with E-state index < -0.39 is 22.9 Å². The molecule has 33 heavy (non-hydrogen) atoms. The number of aromatic nitrogens is 1. The lowest BCUT2D eigenvalue weighted by atomic mass is 9.90. The first-order valence-corrected chi connectivity index (χ1v) is 11.0. The topological polar surface area (TPSA) is 87.1 Å². The normalized spacial score (nSPS) is 12.2. The Morgan fingerprint density at radius 1 is 1.06 bits per heavy atom. The van der Waals surface area contributed by atoms with Crippen molar-refractivity contribution >= 4 is 28.9 Å². The van der Waals surface area contributed by atoms with Crippen LogP contribution in [0.2, 0.25) is 0 Å². The molecule has 0 N–H and O–H groups in total. The van der Waals surface area contributed by atoms with Gasteiger partial charge in [0, 0.05) is 23.5 Å². The molecule has 2 aromatic rings. The Bertz CT molecular complexity index is 1010. The predicted octanol–water partition coefficient (Wildman–Crippen LogP) is 4.27. The minimum absolute atomic E-state index is 0.0489. The minimum atomic E-state index is -0.770. The molecule has 0 aliphatic rings. The fourth-order valence-corrected chi connectivity index (χ4v) is 3.20. The van der Waals surface area contributed by atoms with Gasteiger partial charge in [-0.3, -0.25) is 14.2 Å². The summed E-state index contributed by atoms with van der Waals surface area (Å²) in [6.45, 7) is 9.70. The molecular formula is C25H36N2O6. The highest BCUT2D eigenvalue weighted by Crippen LogP contribution is 2.28. The Morgan fingerprint density at radius 3 is 2.30 bits per heavy atom. The zero-order chi connectivity index (χ0) is 25.0. The van der Waals surface area contributed by atoms with Gasteiger partial charge in [-0.2, -0.15) is 0 Å². The molecule has 2 rings (SSSR count). The summed E-state index contributed by atoms with van der Waals surface area (Å²) >= 11 is 0. The van der Waals surface area contributed by atoms with Crippen LogP contribution in [0.25, 0.3) is 10.9 Å². The average molecular weight is 461 g/mol. The number of nitrogens with zero attached hydrogens (tertiary/aromatic N) is 2. The quantitative estimate of drug-likeness (QED) is 0.429. The van der Waals surface area contributed by atoms with Gasteiger partial charge in [0.1, 0.15) is 5.75 Å². The summed E-state index contributed by atoms with van der Waals surface area (Å²) in [7, 11) is 5.55. The summed E-state index contributed by atoms with van der Waals surface area (Å²) in [5.41, 5.74) is 0.285. The zero-order valence-electron chi connectivity index (χ0n) is 21.0. The second kappa shape index (κ2) is 10.4. The number of methoxy groups -OCH3 is 1. The SMILES string of the molecule is COc1ccc2c(c1)c(CCN(C)C)cn2C(=O)OC(=O)CC(C)(C)COC(=O)C(C)(C)C. The number of esters is 2. The molecule has 0 aliphatic carbocycles. The molecule has 1 aromatic carbocycles. The van der Waals surface area contributed by atoms with Crippen LogP contribution in [-0.4, -0.2) is 61.9 Å². The highest BCUT2D eigenvalue weighted by molar-refractivity contribution is 5.96. The van der Waals surface area contributed by atoms with E-state index in [1.54, 1.807) is 60.1 Å². The molecule has 1 aromatic heterocycles. The van der Waals surface area contributed by atoms with E-state index in [-0.39, 0.29) is 19.0 Å². The van der Waals surface area contributed by atoms with Crippen molar-refractivity contribution in [1.82, 2.24) is 9.47 Å². The lowest BCUT2D eigenvalue weighted by Crippen LogP contribution is -2.31. The molecule has 0 unspecified atom stereocenters. The fraction of sp³-hybridized carbons (Fsp3) is 0.560. The molecular weight excluding hydrogens is 424 g/mol. The number of likely N-dealkylation sites (N-methyl/N-ethyl adjacent to an activating group) is 1. The molecule has 0 saturated carbocycles. The van der Waals surface area contributed by atoms with Crippen LogP contribution in [0.15, 0.2) is 24.4 Å². The molecule has 1 heterocycles. The van der Waals surface area contributed by atoms with Crippen LogP contribution in [0.4, 0.5) is 4.79 Å². The van der Waals surface area contributed by atoms with Crippen molar-refractivity contribution in [2.24, 2.45) is 10.8 Å². The van der Waals surface area contributed by atoms with Crippen LogP contribution in [0.1, 0.15) is 46.6 Å². The largest absolute Gasteiger partial charge is 0.497 e. The molecule has 0 saturated heterocycles. The summed E-state index contributed by atoms with van der Waals surface area (Å²) < 4.78 is 17.2. The number of carbonyl (C=O) groups excluding carboxylic acids is 3. The minimum Gasteiger partial charge on any atom is -0.497 e. The lowest BCUT2D eigenvalue weighted by molar-refractivity contribution is -0.158. The van der Waals surface area contributed by atoms with Crippen molar-refractivity contribution in [3.8, 4) is 5.75 Å². The van der Waals surface area contributed by atoms with E-state index in [1.807, 2.05) is 20.2 Å². The summed E-state index contributed by atoms with van der Waals surface area (Å²) in [5, 5.41) is 0.870. The van der Waals surface area contributed by atoms with Crippen LogP contribution in [0.5, 0.6) is 5.75 Å². The maximum absolute atomic E-state index is 12.9. The van der Waals surface area contributed by atoms with Crippen molar-refractivity contribution < 1.29 is 28.6 Å². The molecule has 0 radical (unpaired) electrons. The van der Waals surface area contributed by atoms with Crippen molar-refractivity contribution in [2.75, 3.05) is 34.4 Å². The van der Waals surface area contributed by atoms with Gasteiger partial charge in [-0.15, -0.1) is 0 Å². The van der Waals surface area contributed by atoms with E-state index in [1.165, 1.54) is 4.57 Å². The van der Waals surface area contributed by atoms with Crippen LogP contribution in [-0.2, 0) is 25.5 Å². The van der Waals surface area contributed by atoms with Crippen molar-refractivity contribution in [2.45, 2.75) is 47.5 Å². The molecule has 0 bridgehead atoms. The third-order valence-corrected chi connectivity index (χ3v) is 5.15. The standard InChI is InChI=1S/C25H36N2O6/c1-24(2,3)22(29)32-16-25(4,5)14-21(28)33-23(30)27-15-17(11-12-26(6)7)19-13-18(31-8)9-10-20(19)27/h9-10,13,15H,11-12,14,16H2,1-8H3. The zero-order valence-corrected chi connectivity index (χ0v) is 21.0. The molecule has 0 fully saturated rings. The Balaban J connectivity index is 2.14. The van der Waals surface area contributed by atoms with E-state index >= 15 is 0 Å². The molecule has 0 aliphatic heterocycles. The highest BCUT2D eigenvalue weighted by atomic mass is 16.6. The third kappa shape index (κ3) is 7.32. The third-order valence-electron chi connectivity index (χ3n) is 5.15. The van der Waals surface area contributed by atoms with Gasteiger partial charge in [0.05, 0.1) is 31.1 Å². The monoisotopic (exact) mass is 460 g/mol. The van der Waals surface area contributed by atoms with Crippen LogP contribution in [0.3, 0.4) is 0 Å². The van der Waals surface area contributed by atoms with E-state index in [2.05, 4.69) is 4.90 Å². The first-order valence-electron chi connectivity index (χ1n) is 11.0.